The topological polar surface area (TPSA) is 62.6 Å². The molecule has 142 valence electrons. The summed E-state index contributed by atoms with van der Waals surface area (Å²) in [6.45, 7) is 4.17. The zero-order valence-corrected chi connectivity index (χ0v) is 15.4. The van der Waals surface area contributed by atoms with Gasteiger partial charge in [-0.3, -0.25) is 19.0 Å². The third-order valence-corrected chi connectivity index (χ3v) is 4.79. The van der Waals surface area contributed by atoms with E-state index >= 15 is 0 Å². The van der Waals surface area contributed by atoms with Gasteiger partial charge < -0.3 is 9.80 Å². The van der Waals surface area contributed by atoms with Crippen molar-refractivity contribution in [2.45, 2.75) is 13.0 Å². The molecule has 2 heterocycles. The number of halogens is 1. The Bertz CT molecular complexity index is 899. The lowest BCUT2D eigenvalue weighted by Crippen LogP contribution is -2.51. The highest BCUT2D eigenvalue weighted by Gasteiger charge is 2.34. The third-order valence-electron chi connectivity index (χ3n) is 4.79. The van der Waals surface area contributed by atoms with E-state index in [1.165, 1.54) is 41.1 Å². The first kappa shape index (κ1) is 19.0. The predicted molar refractivity (Wildman–Crippen MR) is 99.3 cm³/mol. The van der Waals surface area contributed by atoms with Crippen LogP contribution in [0.3, 0.4) is 0 Å². The lowest BCUT2D eigenvalue weighted by molar-refractivity contribution is -0.135. The van der Waals surface area contributed by atoms with Crippen molar-refractivity contribution in [1.29, 1.82) is 0 Å². The Morgan fingerprint density at radius 2 is 1.63 bits per heavy atom. The van der Waals surface area contributed by atoms with Gasteiger partial charge in [0, 0.05) is 44.0 Å². The summed E-state index contributed by atoms with van der Waals surface area (Å²) in [6.07, 6.45) is 1.52. The number of ketones is 1. The van der Waals surface area contributed by atoms with Gasteiger partial charge in [0.2, 0.25) is 0 Å². The molecule has 1 saturated heterocycles. The summed E-state index contributed by atoms with van der Waals surface area (Å²) in [5.74, 6) is -1.40. The number of carbonyl (C=O) groups is 2. The second kappa shape index (κ2) is 7.84. The Morgan fingerprint density at radius 3 is 2.26 bits per heavy atom. The zero-order chi connectivity index (χ0) is 19.6. The highest BCUT2D eigenvalue weighted by molar-refractivity contribution is 6.11. The van der Waals surface area contributed by atoms with Crippen LogP contribution in [-0.4, -0.2) is 59.3 Å². The van der Waals surface area contributed by atoms with Crippen molar-refractivity contribution < 1.29 is 14.0 Å². The summed E-state index contributed by atoms with van der Waals surface area (Å²) < 4.78 is 14.4. The standard InChI is InChI=1S/C20H22FN3O3/c1-14-3-8-17(25)24(13-14)18(19(26)15-4-6-16(21)7-5-15)20(27)23-11-9-22(2)10-12-23/h3-8,13,18H,9-12H2,1-2H3. The van der Waals surface area contributed by atoms with E-state index in [0.717, 1.165) is 5.56 Å². The van der Waals surface area contributed by atoms with Crippen LogP contribution < -0.4 is 5.56 Å². The molecule has 0 aliphatic carbocycles. The summed E-state index contributed by atoms with van der Waals surface area (Å²) in [5, 5.41) is 0. The van der Waals surface area contributed by atoms with Gasteiger partial charge in [-0.25, -0.2) is 4.39 Å². The molecule has 27 heavy (non-hydrogen) atoms. The number of hydrogen-bond donors (Lipinski definition) is 0. The minimum atomic E-state index is -1.30. The fraction of sp³-hybridized carbons (Fsp3) is 0.350. The predicted octanol–water partition coefficient (Wildman–Crippen LogP) is 1.49. The van der Waals surface area contributed by atoms with Crippen LogP contribution in [0, 0.1) is 12.7 Å². The summed E-state index contributed by atoms with van der Waals surface area (Å²) >= 11 is 0. The molecule has 1 aromatic heterocycles. The first-order chi connectivity index (χ1) is 12.9. The minimum Gasteiger partial charge on any atom is -0.338 e. The molecule has 1 aliphatic rings. The number of amides is 1. The average molecular weight is 371 g/mol. The zero-order valence-electron chi connectivity index (χ0n) is 15.4. The molecular formula is C20H22FN3O3. The molecule has 1 aromatic carbocycles. The number of rotatable bonds is 4. The van der Waals surface area contributed by atoms with E-state index in [0.29, 0.717) is 26.2 Å². The van der Waals surface area contributed by atoms with Gasteiger partial charge in [-0.05, 0) is 43.8 Å². The number of nitrogens with zero attached hydrogens (tertiary/aromatic N) is 3. The number of aromatic nitrogens is 1. The molecule has 0 saturated carbocycles. The van der Waals surface area contributed by atoms with E-state index in [-0.39, 0.29) is 5.56 Å². The number of Topliss-reactive ketones (excluding diaryl/α,β-unsaturated/α-hetero) is 1. The van der Waals surface area contributed by atoms with Crippen molar-refractivity contribution in [1.82, 2.24) is 14.4 Å². The SMILES string of the molecule is Cc1ccc(=O)n(C(C(=O)c2ccc(F)cc2)C(=O)N2CCN(C)CC2)c1. The van der Waals surface area contributed by atoms with Crippen molar-refractivity contribution in [3.05, 3.63) is 69.9 Å². The van der Waals surface area contributed by atoms with Crippen LogP contribution in [0.2, 0.25) is 0 Å². The van der Waals surface area contributed by atoms with Crippen molar-refractivity contribution in [2.24, 2.45) is 0 Å². The average Bonchev–Trinajstić information content (AvgIpc) is 2.65. The van der Waals surface area contributed by atoms with Crippen LogP contribution in [0.4, 0.5) is 4.39 Å². The Labute approximate surface area is 156 Å². The summed E-state index contributed by atoms with van der Waals surface area (Å²) in [4.78, 5) is 42.5. The Hall–Kier alpha value is -2.80. The Kier molecular flexibility index (Phi) is 5.51. The van der Waals surface area contributed by atoms with Crippen molar-refractivity contribution in [2.75, 3.05) is 33.2 Å². The van der Waals surface area contributed by atoms with Gasteiger partial charge in [-0.1, -0.05) is 6.07 Å². The van der Waals surface area contributed by atoms with Crippen molar-refractivity contribution >= 4 is 11.7 Å². The van der Waals surface area contributed by atoms with Crippen molar-refractivity contribution in [3.8, 4) is 0 Å². The third kappa shape index (κ3) is 4.14. The van der Waals surface area contributed by atoms with Crippen LogP contribution in [0.25, 0.3) is 0 Å². The number of carbonyl (C=O) groups excluding carboxylic acids is 2. The molecule has 3 rings (SSSR count). The van der Waals surface area contributed by atoms with E-state index in [2.05, 4.69) is 4.90 Å². The molecule has 0 bridgehead atoms. The van der Waals surface area contributed by atoms with E-state index in [1.807, 2.05) is 7.05 Å². The van der Waals surface area contributed by atoms with E-state index in [4.69, 9.17) is 0 Å². The number of piperazine rings is 1. The largest absolute Gasteiger partial charge is 0.338 e. The van der Waals surface area contributed by atoms with Crippen LogP contribution in [0.1, 0.15) is 22.0 Å². The van der Waals surface area contributed by atoms with Crippen LogP contribution >= 0.6 is 0 Å². The highest BCUT2D eigenvalue weighted by atomic mass is 19.1. The first-order valence-electron chi connectivity index (χ1n) is 8.83. The lowest BCUT2D eigenvalue weighted by Gasteiger charge is -2.34. The maximum Gasteiger partial charge on any atom is 0.253 e. The maximum atomic E-state index is 13.2. The summed E-state index contributed by atoms with van der Waals surface area (Å²) in [6, 6.07) is 6.70. The smallest absolute Gasteiger partial charge is 0.253 e. The van der Waals surface area contributed by atoms with E-state index in [1.54, 1.807) is 17.9 Å². The Balaban J connectivity index is 2.02. The van der Waals surface area contributed by atoms with Gasteiger partial charge in [0.25, 0.3) is 11.5 Å². The van der Waals surface area contributed by atoms with Gasteiger partial charge in [0.15, 0.2) is 11.8 Å². The molecule has 6 nitrogen and oxygen atoms in total. The van der Waals surface area contributed by atoms with Gasteiger partial charge in [-0.2, -0.15) is 0 Å². The van der Waals surface area contributed by atoms with Gasteiger partial charge in [-0.15, -0.1) is 0 Å². The van der Waals surface area contributed by atoms with E-state index < -0.39 is 29.1 Å². The second-order valence-corrected chi connectivity index (χ2v) is 6.85. The molecule has 1 unspecified atom stereocenters. The molecule has 0 spiro atoms. The number of benzene rings is 1. The monoisotopic (exact) mass is 371 g/mol. The van der Waals surface area contributed by atoms with Gasteiger partial charge in [0.1, 0.15) is 5.82 Å². The number of aryl methyl sites for hydroxylation is 1. The molecular weight excluding hydrogens is 349 g/mol. The number of hydrogen-bond acceptors (Lipinski definition) is 4. The molecule has 1 atom stereocenters. The molecule has 7 heteroatoms. The van der Waals surface area contributed by atoms with Crippen LogP contribution in [-0.2, 0) is 4.79 Å². The van der Waals surface area contributed by atoms with Crippen LogP contribution in [0.5, 0.6) is 0 Å². The molecule has 1 fully saturated rings. The quantitative estimate of drug-likeness (QED) is 0.604. The summed E-state index contributed by atoms with van der Waals surface area (Å²) in [7, 11) is 1.97. The fourth-order valence-electron chi connectivity index (χ4n) is 3.15. The molecule has 2 aromatic rings. The number of pyridine rings is 1. The highest BCUT2D eigenvalue weighted by Crippen LogP contribution is 2.18. The van der Waals surface area contributed by atoms with Gasteiger partial charge in [0.05, 0.1) is 0 Å². The van der Waals surface area contributed by atoms with Crippen LogP contribution in [0.15, 0.2) is 47.4 Å². The summed E-state index contributed by atoms with van der Waals surface area (Å²) in [5.41, 5.74) is 0.526. The second-order valence-electron chi connectivity index (χ2n) is 6.85. The normalized spacial score (nSPS) is 16.2. The Morgan fingerprint density at radius 1 is 1.00 bits per heavy atom. The molecule has 1 aliphatic heterocycles. The minimum absolute atomic E-state index is 0.192. The molecule has 1 amide bonds. The van der Waals surface area contributed by atoms with E-state index in [9.17, 15) is 18.8 Å². The molecule has 0 radical (unpaired) electrons. The molecule has 0 N–H and O–H groups in total. The van der Waals surface area contributed by atoms with Gasteiger partial charge >= 0.3 is 0 Å². The first-order valence-corrected chi connectivity index (χ1v) is 8.83. The lowest BCUT2D eigenvalue weighted by atomic mass is 10.0. The fourth-order valence-corrected chi connectivity index (χ4v) is 3.15. The number of likely N-dealkylation sites (N-methyl/N-ethyl adjacent to an activating group) is 1. The van der Waals surface area contributed by atoms with Crippen molar-refractivity contribution in [3.63, 3.8) is 0 Å². The maximum absolute atomic E-state index is 13.2.